The van der Waals surface area contributed by atoms with E-state index in [1.165, 1.54) is 0 Å². The van der Waals surface area contributed by atoms with Crippen LogP contribution >= 0.6 is 0 Å². The molecule has 0 spiro atoms. The Labute approximate surface area is 106 Å². The van der Waals surface area contributed by atoms with Gasteiger partial charge in [-0.1, -0.05) is 0 Å². The van der Waals surface area contributed by atoms with E-state index in [-0.39, 0.29) is 11.9 Å². The molecule has 1 N–H and O–H groups in total. The Hall–Kier alpha value is -2.15. The van der Waals surface area contributed by atoms with Crippen LogP contribution in [0.4, 0.5) is 0 Å². The van der Waals surface area contributed by atoms with E-state index < -0.39 is 0 Å². The van der Waals surface area contributed by atoms with Crippen molar-refractivity contribution in [1.82, 2.24) is 5.32 Å². The van der Waals surface area contributed by atoms with Gasteiger partial charge >= 0.3 is 0 Å². The SMILES string of the molecule is C#CCC(C)NC(=O)c1ccc2c(c1)OCCO2. The molecular weight excluding hydrogens is 230 g/mol. The molecule has 0 radical (unpaired) electrons. The Balaban J connectivity index is 2.09. The fourth-order valence-electron chi connectivity index (χ4n) is 1.72. The van der Waals surface area contributed by atoms with Gasteiger partial charge in [-0.2, -0.15) is 0 Å². The van der Waals surface area contributed by atoms with Gasteiger partial charge in [-0.05, 0) is 25.1 Å². The van der Waals surface area contributed by atoms with E-state index in [1.807, 2.05) is 6.92 Å². The van der Waals surface area contributed by atoms with Gasteiger partial charge in [-0.3, -0.25) is 4.79 Å². The summed E-state index contributed by atoms with van der Waals surface area (Å²) in [7, 11) is 0. The third-order valence-corrected chi connectivity index (χ3v) is 2.61. The number of ether oxygens (including phenoxy) is 2. The zero-order chi connectivity index (χ0) is 13.0. The highest BCUT2D eigenvalue weighted by atomic mass is 16.6. The van der Waals surface area contributed by atoms with E-state index >= 15 is 0 Å². The molecule has 18 heavy (non-hydrogen) atoms. The first-order valence-corrected chi connectivity index (χ1v) is 5.84. The first-order valence-electron chi connectivity index (χ1n) is 5.84. The van der Waals surface area contributed by atoms with Gasteiger partial charge in [0.15, 0.2) is 11.5 Å². The lowest BCUT2D eigenvalue weighted by atomic mass is 10.1. The highest BCUT2D eigenvalue weighted by Crippen LogP contribution is 2.30. The molecule has 0 fully saturated rings. The second-order valence-electron chi connectivity index (χ2n) is 4.14. The van der Waals surface area contributed by atoms with Gasteiger partial charge in [0.1, 0.15) is 13.2 Å². The van der Waals surface area contributed by atoms with Crippen LogP contribution in [-0.2, 0) is 0 Å². The van der Waals surface area contributed by atoms with Crippen molar-refractivity contribution in [3.05, 3.63) is 23.8 Å². The lowest BCUT2D eigenvalue weighted by Gasteiger charge is -2.19. The second-order valence-corrected chi connectivity index (χ2v) is 4.14. The van der Waals surface area contributed by atoms with Crippen LogP contribution in [0.25, 0.3) is 0 Å². The summed E-state index contributed by atoms with van der Waals surface area (Å²) in [5.41, 5.74) is 0.545. The topological polar surface area (TPSA) is 47.6 Å². The first-order chi connectivity index (χ1) is 8.70. The average molecular weight is 245 g/mol. The Bertz CT molecular complexity index is 490. The number of rotatable bonds is 3. The van der Waals surface area contributed by atoms with Crippen LogP contribution in [0.1, 0.15) is 23.7 Å². The Morgan fingerprint density at radius 2 is 2.17 bits per heavy atom. The predicted molar refractivity (Wildman–Crippen MR) is 67.8 cm³/mol. The van der Waals surface area contributed by atoms with Crippen molar-refractivity contribution >= 4 is 5.91 Å². The lowest BCUT2D eigenvalue weighted by molar-refractivity contribution is 0.0939. The van der Waals surface area contributed by atoms with Crippen LogP contribution in [-0.4, -0.2) is 25.2 Å². The van der Waals surface area contributed by atoms with Gasteiger partial charge in [-0.15, -0.1) is 12.3 Å². The van der Waals surface area contributed by atoms with Crippen molar-refractivity contribution in [2.45, 2.75) is 19.4 Å². The number of hydrogen-bond acceptors (Lipinski definition) is 3. The molecule has 1 amide bonds. The summed E-state index contributed by atoms with van der Waals surface area (Å²) in [4.78, 5) is 11.9. The molecule has 1 atom stereocenters. The molecule has 0 aromatic heterocycles. The molecule has 0 saturated carbocycles. The van der Waals surface area contributed by atoms with Gasteiger partial charge in [0, 0.05) is 18.0 Å². The minimum Gasteiger partial charge on any atom is -0.486 e. The summed E-state index contributed by atoms with van der Waals surface area (Å²) >= 11 is 0. The normalized spacial score (nSPS) is 14.4. The molecule has 4 nitrogen and oxygen atoms in total. The number of terminal acetylenes is 1. The number of hydrogen-bond donors (Lipinski definition) is 1. The van der Waals surface area contributed by atoms with Crippen molar-refractivity contribution < 1.29 is 14.3 Å². The zero-order valence-electron chi connectivity index (χ0n) is 10.2. The molecule has 1 unspecified atom stereocenters. The summed E-state index contributed by atoms with van der Waals surface area (Å²) in [6, 6.07) is 5.10. The first kappa shape index (κ1) is 12.3. The third kappa shape index (κ3) is 2.75. The van der Waals surface area contributed by atoms with E-state index in [9.17, 15) is 4.79 Å². The zero-order valence-corrected chi connectivity index (χ0v) is 10.2. The molecular formula is C14H15NO3. The van der Waals surface area contributed by atoms with Crippen molar-refractivity contribution in [1.29, 1.82) is 0 Å². The molecule has 2 rings (SSSR count). The molecule has 1 aliphatic heterocycles. The minimum atomic E-state index is -0.158. The van der Waals surface area contributed by atoms with E-state index in [2.05, 4.69) is 11.2 Å². The monoisotopic (exact) mass is 245 g/mol. The number of carbonyl (C=O) groups is 1. The molecule has 1 heterocycles. The maximum absolute atomic E-state index is 11.9. The van der Waals surface area contributed by atoms with E-state index in [0.717, 1.165) is 0 Å². The van der Waals surface area contributed by atoms with Crippen LogP contribution in [0.2, 0.25) is 0 Å². The van der Waals surface area contributed by atoms with Gasteiger partial charge in [0.05, 0.1) is 0 Å². The highest BCUT2D eigenvalue weighted by Gasteiger charge is 2.15. The smallest absolute Gasteiger partial charge is 0.251 e. The van der Waals surface area contributed by atoms with E-state index in [4.69, 9.17) is 15.9 Å². The fraction of sp³-hybridized carbons (Fsp3) is 0.357. The number of fused-ring (bicyclic) bond motifs is 1. The number of carbonyl (C=O) groups excluding carboxylic acids is 1. The van der Waals surface area contributed by atoms with Gasteiger partial charge < -0.3 is 14.8 Å². The van der Waals surface area contributed by atoms with E-state index in [0.29, 0.717) is 36.7 Å². The van der Waals surface area contributed by atoms with Crippen molar-refractivity contribution in [3.8, 4) is 23.8 Å². The van der Waals surface area contributed by atoms with Crippen LogP contribution in [0.5, 0.6) is 11.5 Å². The Morgan fingerprint density at radius 3 is 2.89 bits per heavy atom. The van der Waals surface area contributed by atoms with Gasteiger partial charge in [-0.25, -0.2) is 0 Å². The van der Waals surface area contributed by atoms with Crippen LogP contribution in [0.15, 0.2) is 18.2 Å². The van der Waals surface area contributed by atoms with Gasteiger partial charge in [0.2, 0.25) is 0 Å². The van der Waals surface area contributed by atoms with Crippen LogP contribution < -0.4 is 14.8 Å². The van der Waals surface area contributed by atoms with Crippen molar-refractivity contribution in [2.24, 2.45) is 0 Å². The van der Waals surface area contributed by atoms with Crippen molar-refractivity contribution in [3.63, 3.8) is 0 Å². The number of benzene rings is 1. The molecule has 0 bridgehead atoms. The van der Waals surface area contributed by atoms with Crippen LogP contribution in [0, 0.1) is 12.3 Å². The van der Waals surface area contributed by atoms with Crippen molar-refractivity contribution in [2.75, 3.05) is 13.2 Å². The van der Waals surface area contributed by atoms with Crippen LogP contribution in [0.3, 0.4) is 0 Å². The van der Waals surface area contributed by atoms with Gasteiger partial charge in [0.25, 0.3) is 5.91 Å². The summed E-state index contributed by atoms with van der Waals surface area (Å²) in [5.74, 6) is 3.64. The summed E-state index contributed by atoms with van der Waals surface area (Å²) in [6.45, 7) is 2.92. The third-order valence-electron chi connectivity index (χ3n) is 2.61. The fourth-order valence-corrected chi connectivity index (χ4v) is 1.72. The quantitative estimate of drug-likeness (QED) is 0.823. The largest absolute Gasteiger partial charge is 0.486 e. The maximum Gasteiger partial charge on any atom is 0.251 e. The summed E-state index contributed by atoms with van der Waals surface area (Å²) in [6.07, 6.45) is 5.71. The summed E-state index contributed by atoms with van der Waals surface area (Å²) in [5, 5.41) is 2.83. The Morgan fingerprint density at radius 1 is 1.44 bits per heavy atom. The molecule has 1 aromatic carbocycles. The molecule has 0 aliphatic carbocycles. The standard InChI is InChI=1S/C14H15NO3/c1-3-4-10(2)15-14(16)11-5-6-12-13(9-11)18-8-7-17-12/h1,5-6,9-10H,4,7-8H2,2H3,(H,15,16). The second kappa shape index (κ2) is 5.46. The number of nitrogens with one attached hydrogen (secondary N) is 1. The number of amides is 1. The molecule has 1 aromatic rings. The maximum atomic E-state index is 11.9. The van der Waals surface area contributed by atoms with E-state index in [1.54, 1.807) is 18.2 Å². The minimum absolute atomic E-state index is 0.0456. The Kier molecular flexibility index (Phi) is 3.73. The lowest BCUT2D eigenvalue weighted by Crippen LogP contribution is -2.32. The average Bonchev–Trinajstić information content (AvgIpc) is 2.38. The molecule has 0 saturated heterocycles. The molecule has 94 valence electrons. The molecule has 1 aliphatic rings. The highest BCUT2D eigenvalue weighted by molar-refractivity contribution is 5.95. The molecule has 4 heteroatoms. The predicted octanol–water partition coefficient (Wildman–Crippen LogP) is 1.60. The summed E-state index contributed by atoms with van der Waals surface area (Å²) < 4.78 is 10.8.